The van der Waals surface area contributed by atoms with Crippen LogP contribution < -0.4 is 10.6 Å². The number of hydrogen-bond acceptors (Lipinski definition) is 3. The van der Waals surface area contributed by atoms with Crippen LogP contribution in [0.5, 0.6) is 0 Å². The minimum Gasteiger partial charge on any atom is -0.384 e. The van der Waals surface area contributed by atoms with Gasteiger partial charge in [0.1, 0.15) is 5.69 Å². The Morgan fingerprint density at radius 2 is 2.16 bits per heavy atom. The molecular formula is C15H23N3O. The average Bonchev–Trinajstić information content (AvgIpc) is 2.94. The molecule has 0 atom stereocenters. The maximum atomic E-state index is 11.5. The van der Waals surface area contributed by atoms with E-state index in [9.17, 15) is 4.79 Å². The summed E-state index contributed by atoms with van der Waals surface area (Å²) in [4.78, 5) is 15.6. The molecule has 1 saturated carbocycles. The Morgan fingerprint density at radius 3 is 2.79 bits per heavy atom. The molecule has 1 fully saturated rings. The Bertz CT molecular complexity index is 439. The molecular weight excluding hydrogens is 238 g/mol. The van der Waals surface area contributed by atoms with Gasteiger partial charge in [0.2, 0.25) is 0 Å². The lowest BCUT2D eigenvalue weighted by Crippen LogP contribution is -2.26. The first-order valence-corrected chi connectivity index (χ1v) is 7.11. The fourth-order valence-corrected chi connectivity index (χ4v) is 2.86. The summed E-state index contributed by atoms with van der Waals surface area (Å²) in [5.74, 6) is -0.144. The number of aromatic nitrogens is 1. The van der Waals surface area contributed by atoms with Crippen molar-refractivity contribution in [2.24, 2.45) is 5.41 Å². The number of nitrogens with one attached hydrogen (secondary N) is 2. The largest absolute Gasteiger partial charge is 0.384 e. The van der Waals surface area contributed by atoms with Crippen molar-refractivity contribution in [2.45, 2.75) is 39.0 Å². The summed E-state index contributed by atoms with van der Waals surface area (Å²) in [6.07, 6.45) is 8.20. The van der Waals surface area contributed by atoms with Gasteiger partial charge in [0.25, 0.3) is 5.91 Å². The quantitative estimate of drug-likeness (QED) is 0.857. The van der Waals surface area contributed by atoms with Gasteiger partial charge in [-0.15, -0.1) is 0 Å². The molecule has 1 aromatic rings. The molecule has 0 saturated heterocycles. The number of rotatable bonds is 5. The second kappa shape index (κ2) is 6.04. The highest BCUT2D eigenvalue weighted by molar-refractivity contribution is 5.92. The van der Waals surface area contributed by atoms with E-state index in [1.807, 2.05) is 12.1 Å². The summed E-state index contributed by atoms with van der Waals surface area (Å²) in [6.45, 7) is 3.26. The van der Waals surface area contributed by atoms with Crippen LogP contribution in [0.15, 0.2) is 18.3 Å². The van der Waals surface area contributed by atoms with Gasteiger partial charge in [-0.1, -0.05) is 19.8 Å². The SMILES string of the molecule is CCC1(CNc2ccnc(C(=O)NC)c2)CCCC1. The lowest BCUT2D eigenvalue weighted by molar-refractivity contribution is 0.0958. The van der Waals surface area contributed by atoms with E-state index in [4.69, 9.17) is 0 Å². The molecule has 1 heterocycles. The number of nitrogens with zero attached hydrogens (tertiary/aromatic N) is 1. The van der Waals surface area contributed by atoms with Crippen molar-refractivity contribution >= 4 is 11.6 Å². The molecule has 2 N–H and O–H groups in total. The molecule has 4 heteroatoms. The van der Waals surface area contributed by atoms with Crippen LogP contribution in [0.4, 0.5) is 5.69 Å². The molecule has 2 rings (SSSR count). The molecule has 1 aliphatic rings. The predicted octanol–water partition coefficient (Wildman–Crippen LogP) is 2.82. The van der Waals surface area contributed by atoms with Crippen LogP contribution in [-0.2, 0) is 0 Å². The highest BCUT2D eigenvalue weighted by Crippen LogP contribution is 2.40. The topological polar surface area (TPSA) is 54.0 Å². The molecule has 0 unspecified atom stereocenters. The van der Waals surface area contributed by atoms with Gasteiger partial charge in [0.15, 0.2) is 0 Å². The van der Waals surface area contributed by atoms with Gasteiger partial charge in [0.05, 0.1) is 0 Å². The second-order valence-corrected chi connectivity index (χ2v) is 5.42. The third-order valence-electron chi connectivity index (χ3n) is 4.30. The number of amides is 1. The van der Waals surface area contributed by atoms with Crippen LogP contribution in [0.3, 0.4) is 0 Å². The number of carbonyl (C=O) groups is 1. The molecule has 0 spiro atoms. The fourth-order valence-electron chi connectivity index (χ4n) is 2.86. The van der Waals surface area contributed by atoms with E-state index >= 15 is 0 Å². The van der Waals surface area contributed by atoms with Crippen molar-refractivity contribution in [3.63, 3.8) is 0 Å². The van der Waals surface area contributed by atoms with Crippen LogP contribution >= 0.6 is 0 Å². The van der Waals surface area contributed by atoms with Gasteiger partial charge in [-0.25, -0.2) is 0 Å². The standard InChI is InChI=1S/C15H23N3O/c1-3-15(7-4-5-8-15)11-18-12-6-9-17-13(10-12)14(19)16-2/h6,9-10H,3-5,7-8,11H2,1-2H3,(H,16,19)(H,17,18). The predicted molar refractivity (Wildman–Crippen MR) is 77.3 cm³/mol. The van der Waals surface area contributed by atoms with Crippen LogP contribution in [0.2, 0.25) is 0 Å². The van der Waals surface area contributed by atoms with Gasteiger partial charge in [-0.05, 0) is 36.8 Å². The Kier molecular flexibility index (Phi) is 4.40. The van der Waals surface area contributed by atoms with Gasteiger partial charge in [0, 0.05) is 25.5 Å². The van der Waals surface area contributed by atoms with E-state index in [1.165, 1.54) is 32.1 Å². The molecule has 1 aliphatic carbocycles. The molecule has 0 bridgehead atoms. The van der Waals surface area contributed by atoms with Crippen molar-refractivity contribution in [2.75, 3.05) is 18.9 Å². The maximum absolute atomic E-state index is 11.5. The first-order chi connectivity index (χ1) is 9.19. The van der Waals surface area contributed by atoms with Crippen molar-refractivity contribution in [1.82, 2.24) is 10.3 Å². The number of anilines is 1. The highest BCUT2D eigenvalue weighted by atomic mass is 16.1. The lowest BCUT2D eigenvalue weighted by Gasteiger charge is -2.28. The molecule has 19 heavy (non-hydrogen) atoms. The molecule has 0 aliphatic heterocycles. The Labute approximate surface area is 115 Å². The third kappa shape index (κ3) is 3.25. The minimum atomic E-state index is -0.144. The number of hydrogen-bond donors (Lipinski definition) is 2. The van der Waals surface area contributed by atoms with Crippen LogP contribution in [-0.4, -0.2) is 24.5 Å². The zero-order valence-corrected chi connectivity index (χ0v) is 11.8. The zero-order chi connectivity index (χ0) is 13.7. The van der Waals surface area contributed by atoms with Crippen molar-refractivity contribution in [3.05, 3.63) is 24.0 Å². The molecule has 4 nitrogen and oxygen atoms in total. The number of pyridine rings is 1. The van der Waals surface area contributed by atoms with Crippen LogP contribution in [0.25, 0.3) is 0 Å². The minimum absolute atomic E-state index is 0.144. The average molecular weight is 261 g/mol. The molecule has 0 radical (unpaired) electrons. The second-order valence-electron chi connectivity index (χ2n) is 5.42. The van der Waals surface area contributed by atoms with Crippen molar-refractivity contribution in [3.8, 4) is 0 Å². The van der Waals surface area contributed by atoms with Gasteiger partial charge in [-0.3, -0.25) is 9.78 Å². The molecule has 0 aromatic carbocycles. The smallest absolute Gasteiger partial charge is 0.269 e. The summed E-state index contributed by atoms with van der Waals surface area (Å²) >= 11 is 0. The van der Waals surface area contributed by atoms with E-state index in [1.54, 1.807) is 13.2 Å². The summed E-state index contributed by atoms with van der Waals surface area (Å²) in [5, 5.41) is 6.07. The Morgan fingerprint density at radius 1 is 1.42 bits per heavy atom. The summed E-state index contributed by atoms with van der Waals surface area (Å²) in [5.41, 5.74) is 1.88. The van der Waals surface area contributed by atoms with E-state index in [2.05, 4.69) is 22.5 Å². The first kappa shape index (κ1) is 13.8. The monoisotopic (exact) mass is 261 g/mol. The molecule has 1 amide bonds. The van der Waals surface area contributed by atoms with Gasteiger partial charge >= 0.3 is 0 Å². The van der Waals surface area contributed by atoms with Crippen molar-refractivity contribution in [1.29, 1.82) is 0 Å². The van der Waals surface area contributed by atoms with Gasteiger partial charge < -0.3 is 10.6 Å². The molecule has 1 aromatic heterocycles. The third-order valence-corrected chi connectivity index (χ3v) is 4.30. The van der Waals surface area contributed by atoms with E-state index < -0.39 is 0 Å². The highest BCUT2D eigenvalue weighted by Gasteiger charge is 2.31. The van der Waals surface area contributed by atoms with E-state index in [-0.39, 0.29) is 5.91 Å². The molecule has 104 valence electrons. The Balaban J connectivity index is 2.01. The zero-order valence-electron chi connectivity index (χ0n) is 11.8. The fraction of sp³-hybridized carbons (Fsp3) is 0.600. The maximum Gasteiger partial charge on any atom is 0.269 e. The lowest BCUT2D eigenvalue weighted by atomic mass is 9.83. The Hall–Kier alpha value is -1.58. The summed E-state index contributed by atoms with van der Waals surface area (Å²) in [7, 11) is 1.62. The summed E-state index contributed by atoms with van der Waals surface area (Å²) < 4.78 is 0. The first-order valence-electron chi connectivity index (χ1n) is 7.11. The van der Waals surface area contributed by atoms with Crippen molar-refractivity contribution < 1.29 is 4.79 Å². The number of carbonyl (C=O) groups excluding carboxylic acids is 1. The van der Waals surface area contributed by atoms with Gasteiger partial charge in [-0.2, -0.15) is 0 Å². The van der Waals surface area contributed by atoms with E-state index in [0.717, 1.165) is 12.2 Å². The summed E-state index contributed by atoms with van der Waals surface area (Å²) in [6, 6.07) is 3.74. The van der Waals surface area contributed by atoms with E-state index in [0.29, 0.717) is 11.1 Å². The van der Waals surface area contributed by atoms with Crippen LogP contribution in [0.1, 0.15) is 49.5 Å². The normalized spacial score (nSPS) is 17.2. The van der Waals surface area contributed by atoms with Crippen LogP contribution in [0, 0.1) is 5.41 Å².